The van der Waals surface area contributed by atoms with Gasteiger partial charge in [0.1, 0.15) is 5.75 Å². The molecule has 0 radical (unpaired) electrons. The SMILES string of the molecule is OCc1ccccc1O[C@H]1CCC[C@H](CO)O1. The number of para-hydroxylation sites is 1. The number of aliphatic hydroxyl groups excluding tert-OH is 2. The first kappa shape index (κ1) is 12.4. The molecule has 1 heterocycles. The van der Waals surface area contributed by atoms with Gasteiger partial charge in [0.25, 0.3) is 0 Å². The van der Waals surface area contributed by atoms with E-state index in [-0.39, 0.29) is 25.6 Å². The first-order chi connectivity index (χ1) is 8.33. The molecule has 0 bridgehead atoms. The Morgan fingerprint density at radius 1 is 1.24 bits per heavy atom. The van der Waals surface area contributed by atoms with E-state index in [0.29, 0.717) is 5.75 Å². The highest BCUT2D eigenvalue weighted by Crippen LogP contribution is 2.25. The minimum absolute atomic E-state index is 0.0293. The molecule has 17 heavy (non-hydrogen) atoms. The average molecular weight is 238 g/mol. The lowest BCUT2D eigenvalue weighted by Gasteiger charge is -2.29. The Balaban J connectivity index is 2.00. The molecular formula is C13H18O4. The molecule has 0 aliphatic carbocycles. The number of benzene rings is 1. The Morgan fingerprint density at radius 2 is 2.06 bits per heavy atom. The maximum Gasteiger partial charge on any atom is 0.200 e. The van der Waals surface area contributed by atoms with Gasteiger partial charge in [0.05, 0.1) is 19.3 Å². The second kappa shape index (κ2) is 6.00. The first-order valence-corrected chi connectivity index (χ1v) is 5.95. The minimum atomic E-state index is -0.325. The van der Waals surface area contributed by atoms with E-state index < -0.39 is 0 Å². The van der Waals surface area contributed by atoms with Crippen LogP contribution in [0, 0.1) is 0 Å². The van der Waals surface area contributed by atoms with Crippen molar-refractivity contribution in [2.45, 2.75) is 38.3 Å². The highest BCUT2D eigenvalue weighted by molar-refractivity contribution is 5.32. The molecule has 1 aliphatic rings. The van der Waals surface area contributed by atoms with E-state index in [1.807, 2.05) is 24.3 Å². The van der Waals surface area contributed by atoms with Crippen LogP contribution in [0.2, 0.25) is 0 Å². The van der Waals surface area contributed by atoms with Gasteiger partial charge in [0, 0.05) is 12.0 Å². The van der Waals surface area contributed by atoms with Gasteiger partial charge in [-0.15, -0.1) is 0 Å². The van der Waals surface area contributed by atoms with Gasteiger partial charge in [-0.25, -0.2) is 0 Å². The van der Waals surface area contributed by atoms with Crippen LogP contribution >= 0.6 is 0 Å². The molecule has 0 amide bonds. The highest BCUT2D eigenvalue weighted by Gasteiger charge is 2.23. The predicted molar refractivity (Wildman–Crippen MR) is 62.6 cm³/mol. The quantitative estimate of drug-likeness (QED) is 0.833. The minimum Gasteiger partial charge on any atom is -0.465 e. The van der Waals surface area contributed by atoms with Crippen LogP contribution in [-0.4, -0.2) is 29.2 Å². The van der Waals surface area contributed by atoms with Crippen LogP contribution in [0.25, 0.3) is 0 Å². The molecule has 0 saturated carbocycles. The molecule has 1 aromatic rings. The van der Waals surface area contributed by atoms with Gasteiger partial charge in [-0.3, -0.25) is 0 Å². The number of hydrogen-bond acceptors (Lipinski definition) is 4. The first-order valence-electron chi connectivity index (χ1n) is 5.95. The molecular weight excluding hydrogens is 220 g/mol. The van der Waals surface area contributed by atoms with Gasteiger partial charge in [-0.2, -0.15) is 0 Å². The fourth-order valence-electron chi connectivity index (χ4n) is 1.97. The Hall–Kier alpha value is -1.10. The van der Waals surface area contributed by atoms with E-state index in [1.165, 1.54) is 0 Å². The average Bonchev–Trinajstić information content (AvgIpc) is 2.39. The van der Waals surface area contributed by atoms with Gasteiger partial charge in [-0.1, -0.05) is 18.2 Å². The van der Waals surface area contributed by atoms with Gasteiger partial charge in [-0.05, 0) is 18.9 Å². The van der Waals surface area contributed by atoms with Crippen LogP contribution in [0.5, 0.6) is 5.75 Å². The summed E-state index contributed by atoms with van der Waals surface area (Å²) in [5.74, 6) is 0.651. The summed E-state index contributed by atoms with van der Waals surface area (Å²) in [5.41, 5.74) is 0.752. The third-order valence-corrected chi connectivity index (χ3v) is 2.92. The molecule has 94 valence electrons. The summed E-state index contributed by atoms with van der Waals surface area (Å²) >= 11 is 0. The van der Waals surface area contributed by atoms with Crippen LogP contribution < -0.4 is 4.74 Å². The van der Waals surface area contributed by atoms with Crippen molar-refractivity contribution < 1.29 is 19.7 Å². The van der Waals surface area contributed by atoms with Crippen molar-refractivity contribution >= 4 is 0 Å². The summed E-state index contributed by atoms with van der Waals surface area (Å²) in [6.07, 6.45) is 2.22. The summed E-state index contributed by atoms with van der Waals surface area (Å²) in [6.45, 7) is -0.0200. The smallest absolute Gasteiger partial charge is 0.200 e. The molecule has 1 aliphatic heterocycles. The maximum absolute atomic E-state index is 9.19. The third-order valence-electron chi connectivity index (χ3n) is 2.92. The van der Waals surface area contributed by atoms with Crippen LogP contribution in [-0.2, 0) is 11.3 Å². The van der Waals surface area contributed by atoms with Crippen molar-refractivity contribution in [1.29, 1.82) is 0 Å². The van der Waals surface area contributed by atoms with E-state index in [0.717, 1.165) is 24.8 Å². The van der Waals surface area contributed by atoms with Gasteiger partial charge < -0.3 is 19.7 Å². The Labute approximate surface area is 101 Å². The van der Waals surface area contributed by atoms with Crippen molar-refractivity contribution in [1.82, 2.24) is 0 Å². The molecule has 2 N–H and O–H groups in total. The molecule has 4 nitrogen and oxygen atoms in total. The largest absolute Gasteiger partial charge is 0.465 e. The molecule has 1 aromatic carbocycles. The fraction of sp³-hybridized carbons (Fsp3) is 0.538. The molecule has 1 saturated heterocycles. The molecule has 0 unspecified atom stereocenters. The molecule has 0 spiro atoms. The topological polar surface area (TPSA) is 58.9 Å². The Morgan fingerprint density at radius 3 is 2.82 bits per heavy atom. The zero-order valence-corrected chi connectivity index (χ0v) is 9.71. The van der Waals surface area contributed by atoms with E-state index in [9.17, 15) is 5.11 Å². The van der Waals surface area contributed by atoms with E-state index in [2.05, 4.69) is 0 Å². The van der Waals surface area contributed by atoms with E-state index >= 15 is 0 Å². The second-order valence-corrected chi connectivity index (χ2v) is 4.18. The maximum atomic E-state index is 9.19. The van der Waals surface area contributed by atoms with Crippen molar-refractivity contribution in [3.05, 3.63) is 29.8 Å². The lowest BCUT2D eigenvalue weighted by atomic mass is 10.1. The van der Waals surface area contributed by atoms with Gasteiger partial charge in [0.2, 0.25) is 0 Å². The monoisotopic (exact) mass is 238 g/mol. The molecule has 0 aromatic heterocycles. The standard InChI is InChI=1S/C13H18O4/c14-8-10-4-1-2-6-12(10)17-13-7-3-5-11(9-15)16-13/h1-2,4,6,11,13-15H,3,5,7-9H2/t11-,13+/m1/s1. The van der Waals surface area contributed by atoms with Crippen molar-refractivity contribution in [2.24, 2.45) is 0 Å². The summed E-state index contributed by atoms with van der Waals surface area (Å²) in [6, 6.07) is 7.36. The number of aliphatic hydroxyl groups is 2. The number of hydrogen-bond donors (Lipinski definition) is 2. The molecule has 2 rings (SSSR count). The van der Waals surface area contributed by atoms with E-state index in [1.54, 1.807) is 0 Å². The fourth-order valence-corrected chi connectivity index (χ4v) is 1.97. The molecule has 4 heteroatoms. The zero-order valence-electron chi connectivity index (χ0n) is 9.71. The van der Waals surface area contributed by atoms with Gasteiger partial charge >= 0.3 is 0 Å². The highest BCUT2D eigenvalue weighted by atomic mass is 16.7. The van der Waals surface area contributed by atoms with Crippen LogP contribution in [0.1, 0.15) is 24.8 Å². The van der Waals surface area contributed by atoms with E-state index in [4.69, 9.17) is 14.6 Å². The second-order valence-electron chi connectivity index (χ2n) is 4.18. The molecule has 2 atom stereocenters. The van der Waals surface area contributed by atoms with Crippen molar-refractivity contribution in [2.75, 3.05) is 6.61 Å². The van der Waals surface area contributed by atoms with Crippen LogP contribution in [0.4, 0.5) is 0 Å². The normalized spacial score (nSPS) is 24.6. The van der Waals surface area contributed by atoms with Crippen LogP contribution in [0.3, 0.4) is 0 Å². The molecule has 1 fully saturated rings. The predicted octanol–water partition coefficient (Wildman–Crippen LogP) is 1.45. The number of ether oxygens (including phenoxy) is 2. The Bertz CT molecular complexity index is 353. The summed E-state index contributed by atoms with van der Waals surface area (Å²) in [7, 11) is 0. The summed E-state index contributed by atoms with van der Waals surface area (Å²) < 4.78 is 11.3. The lowest BCUT2D eigenvalue weighted by molar-refractivity contribution is -0.158. The van der Waals surface area contributed by atoms with Gasteiger partial charge in [0.15, 0.2) is 6.29 Å². The number of rotatable bonds is 4. The van der Waals surface area contributed by atoms with Crippen molar-refractivity contribution in [3.63, 3.8) is 0 Å². The third kappa shape index (κ3) is 3.19. The zero-order chi connectivity index (χ0) is 12.1. The van der Waals surface area contributed by atoms with Crippen molar-refractivity contribution in [3.8, 4) is 5.75 Å². The Kier molecular flexibility index (Phi) is 4.36. The summed E-state index contributed by atoms with van der Waals surface area (Å²) in [4.78, 5) is 0. The summed E-state index contributed by atoms with van der Waals surface area (Å²) in [5, 5.41) is 18.2. The van der Waals surface area contributed by atoms with Crippen LogP contribution in [0.15, 0.2) is 24.3 Å². The lowest BCUT2D eigenvalue weighted by Crippen LogP contribution is -2.33.